The van der Waals surface area contributed by atoms with Crippen LogP contribution in [0.15, 0.2) is 72.2 Å². The fraction of sp³-hybridized carbons (Fsp3) is 0.286. The molecule has 0 aliphatic rings. The highest BCUT2D eigenvalue weighted by Crippen LogP contribution is 2.23. The summed E-state index contributed by atoms with van der Waals surface area (Å²) in [7, 11) is 1.74. The molecule has 9 nitrogen and oxygen atoms in total. The minimum Gasteiger partial charge on any atom is -0.406 e. The van der Waals surface area contributed by atoms with Gasteiger partial charge in [-0.15, -0.1) is 23.4 Å². The van der Waals surface area contributed by atoms with E-state index in [1.54, 1.807) is 43.5 Å². The van der Waals surface area contributed by atoms with Crippen LogP contribution in [0.25, 0.3) is 0 Å². The minimum atomic E-state index is -4.69. The van der Waals surface area contributed by atoms with E-state index in [9.17, 15) is 27.2 Å². The molecular formula is C28H32F4N6O3S. The van der Waals surface area contributed by atoms with E-state index < -0.39 is 12.2 Å². The number of anilines is 1. The van der Waals surface area contributed by atoms with Crippen LogP contribution in [0.1, 0.15) is 35.4 Å². The van der Waals surface area contributed by atoms with E-state index in [1.807, 2.05) is 0 Å². The van der Waals surface area contributed by atoms with Gasteiger partial charge in [-0.2, -0.15) is 0 Å². The van der Waals surface area contributed by atoms with Gasteiger partial charge in [-0.05, 0) is 60.7 Å². The summed E-state index contributed by atoms with van der Waals surface area (Å²) in [5.41, 5.74) is 13.1. The molecule has 0 atom stereocenters. The zero-order valence-electron chi connectivity index (χ0n) is 22.8. The number of aldehydes is 1. The lowest BCUT2D eigenvalue weighted by molar-refractivity contribution is -0.274. The Balaban J connectivity index is 0.000000369. The van der Waals surface area contributed by atoms with Crippen molar-refractivity contribution in [3.63, 3.8) is 0 Å². The first-order valence-electron chi connectivity index (χ1n) is 12.7. The lowest BCUT2D eigenvalue weighted by atomic mass is 10.1. The second-order valence-electron chi connectivity index (χ2n) is 8.70. The number of ether oxygens (including phenoxy) is 1. The summed E-state index contributed by atoms with van der Waals surface area (Å²) in [5, 5.41) is 14.8. The first kappa shape index (κ1) is 33.7. The number of alkyl halides is 3. The van der Waals surface area contributed by atoms with Gasteiger partial charge in [0.2, 0.25) is 11.0 Å². The van der Waals surface area contributed by atoms with Crippen LogP contribution in [-0.2, 0) is 28.9 Å². The maximum atomic E-state index is 13.6. The molecule has 3 rings (SSSR count). The molecule has 0 bridgehead atoms. The van der Waals surface area contributed by atoms with E-state index in [4.69, 9.17) is 11.5 Å². The van der Waals surface area contributed by atoms with Gasteiger partial charge in [0.1, 0.15) is 22.9 Å². The second kappa shape index (κ2) is 17.4. The number of halogens is 4. The van der Waals surface area contributed by atoms with E-state index in [-0.39, 0.29) is 24.5 Å². The third-order valence-electron chi connectivity index (χ3n) is 5.34. The van der Waals surface area contributed by atoms with Crippen LogP contribution in [0.3, 0.4) is 0 Å². The zero-order valence-corrected chi connectivity index (χ0v) is 23.6. The van der Waals surface area contributed by atoms with Crippen LogP contribution >= 0.6 is 11.3 Å². The molecule has 0 saturated heterocycles. The lowest BCUT2D eigenvalue weighted by Gasteiger charge is -2.08. The number of hydrogen-bond acceptors (Lipinski definition) is 9. The Morgan fingerprint density at radius 3 is 2.52 bits per heavy atom. The summed E-state index contributed by atoms with van der Waals surface area (Å²) in [6.45, 7) is 0. The first-order valence-corrected chi connectivity index (χ1v) is 13.5. The monoisotopic (exact) mass is 608 g/mol. The van der Waals surface area contributed by atoms with Crippen molar-refractivity contribution in [3.8, 4) is 5.75 Å². The number of carbonyl (C=O) groups excluding carboxylic acids is 2. The number of nitrogens with zero attached hydrogens (tertiary/aromatic N) is 2. The predicted molar refractivity (Wildman–Crippen MR) is 153 cm³/mol. The molecule has 0 saturated carbocycles. The lowest BCUT2D eigenvalue weighted by Crippen LogP contribution is -2.17. The van der Waals surface area contributed by atoms with Crippen molar-refractivity contribution in [1.29, 1.82) is 0 Å². The van der Waals surface area contributed by atoms with E-state index in [0.717, 1.165) is 36.4 Å². The van der Waals surface area contributed by atoms with Gasteiger partial charge in [-0.25, -0.2) is 4.39 Å². The topological polar surface area (TPSA) is 145 Å². The van der Waals surface area contributed by atoms with Crippen molar-refractivity contribution in [2.24, 2.45) is 11.5 Å². The summed E-state index contributed by atoms with van der Waals surface area (Å²) in [4.78, 5) is 22.1. The average Bonchev–Trinajstić information content (AvgIpc) is 3.37. The Hall–Kier alpha value is -4.46. The average molecular weight is 609 g/mol. The van der Waals surface area contributed by atoms with Gasteiger partial charge >= 0.3 is 6.36 Å². The molecule has 3 aromatic rings. The number of benzene rings is 2. The molecule has 42 heavy (non-hydrogen) atoms. The Labute approximate surface area is 244 Å². The van der Waals surface area contributed by atoms with Crippen molar-refractivity contribution in [2.45, 2.75) is 44.9 Å². The Bertz CT molecular complexity index is 1360. The Kier molecular flexibility index (Phi) is 14.0. The van der Waals surface area contributed by atoms with Gasteiger partial charge in [-0.3, -0.25) is 4.79 Å². The van der Waals surface area contributed by atoms with Gasteiger partial charge in [-0.1, -0.05) is 41.7 Å². The zero-order chi connectivity index (χ0) is 31.0. The summed E-state index contributed by atoms with van der Waals surface area (Å²) in [6.07, 6.45) is 2.81. The number of rotatable bonds is 13. The second-order valence-corrected chi connectivity index (χ2v) is 9.77. The molecule has 14 heteroatoms. The predicted octanol–water partition coefficient (Wildman–Crippen LogP) is 4.76. The number of carbonyl (C=O) groups is 2. The van der Waals surface area contributed by atoms with Gasteiger partial charge < -0.3 is 31.6 Å². The number of unbranched alkanes of at least 4 members (excludes halogenated alkanes) is 1. The number of nitrogens with two attached hydrogens (primary N) is 2. The number of aromatic nitrogens is 2. The SMILES string of the molecule is CN/C(N)=C/C=C(\N)CCCCc1nnc(NC(=O)Cc2ccccc2F)s1.O=CCc1cccc(OC(F)(F)F)c1. The van der Waals surface area contributed by atoms with Crippen molar-refractivity contribution in [2.75, 3.05) is 12.4 Å². The fourth-order valence-electron chi connectivity index (χ4n) is 3.32. The standard InChI is InChI=1S/C19H25FN6OS.C9H7F3O2/c1-23-16(22)11-10-14(21)7-3-5-9-18-25-26-19(28-18)24-17(27)12-13-6-2-4-8-15(13)20;10-9(11,12)14-8-3-1-2-7(6-8)4-5-13/h2,4,6,8,10-11,23H,3,5,7,9,12,21-22H2,1H3,(H,24,26,27);1-3,5-6H,4H2/b14-10-,16-11+;. The number of allylic oxidation sites excluding steroid dienone is 3. The molecular weight excluding hydrogens is 576 g/mol. The van der Waals surface area contributed by atoms with Crippen molar-refractivity contribution in [3.05, 3.63) is 94.2 Å². The third kappa shape index (κ3) is 13.7. The number of hydrogen-bond donors (Lipinski definition) is 4. The van der Waals surface area contributed by atoms with E-state index >= 15 is 0 Å². The molecule has 0 aliphatic carbocycles. The molecule has 1 amide bonds. The van der Waals surface area contributed by atoms with Crippen LogP contribution in [0.5, 0.6) is 5.75 Å². The molecule has 0 unspecified atom stereocenters. The normalized spacial score (nSPS) is 11.7. The Morgan fingerprint density at radius 2 is 1.83 bits per heavy atom. The molecule has 0 aliphatic heterocycles. The highest BCUT2D eigenvalue weighted by molar-refractivity contribution is 7.15. The minimum absolute atomic E-state index is 0.0420. The molecule has 0 radical (unpaired) electrons. The van der Waals surface area contributed by atoms with Gasteiger partial charge in [0.05, 0.1) is 12.2 Å². The third-order valence-corrected chi connectivity index (χ3v) is 6.24. The summed E-state index contributed by atoms with van der Waals surface area (Å²) in [6, 6.07) is 11.5. The highest BCUT2D eigenvalue weighted by Gasteiger charge is 2.31. The Morgan fingerprint density at radius 1 is 1.07 bits per heavy atom. The van der Waals surface area contributed by atoms with Crippen LogP contribution in [0.4, 0.5) is 22.7 Å². The van der Waals surface area contributed by atoms with Crippen molar-refractivity contribution in [1.82, 2.24) is 15.5 Å². The summed E-state index contributed by atoms with van der Waals surface area (Å²) in [5.74, 6) is -0.467. The number of nitrogens with one attached hydrogen (secondary N) is 2. The summed E-state index contributed by atoms with van der Waals surface area (Å²) < 4.78 is 52.6. The van der Waals surface area contributed by atoms with Gasteiger partial charge in [0.15, 0.2) is 0 Å². The van der Waals surface area contributed by atoms with Crippen LogP contribution in [-0.4, -0.2) is 35.8 Å². The quantitative estimate of drug-likeness (QED) is 0.0941. The summed E-state index contributed by atoms with van der Waals surface area (Å²) >= 11 is 1.32. The van der Waals surface area contributed by atoms with Crippen LogP contribution in [0, 0.1) is 5.82 Å². The molecule has 1 aromatic heterocycles. The number of amides is 1. The van der Waals surface area contributed by atoms with E-state index in [1.165, 1.54) is 35.6 Å². The van der Waals surface area contributed by atoms with Crippen molar-refractivity contribution >= 4 is 28.7 Å². The first-order chi connectivity index (χ1) is 20.0. The molecule has 2 aromatic carbocycles. The maximum absolute atomic E-state index is 13.6. The fourth-order valence-corrected chi connectivity index (χ4v) is 4.12. The largest absolute Gasteiger partial charge is 0.573 e. The van der Waals surface area contributed by atoms with E-state index in [0.29, 0.717) is 28.4 Å². The van der Waals surface area contributed by atoms with E-state index in [2.05, 4.69) is 25.6 Å². The highest BCUT2D eigenvalue weighted by atomic mass is 32.1. The molecule has 0 spiro atoms. The smallest absolute Gasteiger partial charge is 0.406 e. The molecule has 6 N–H and O–H groups in total. The van der Waals surface area contributed by atoms with Gasteiger partial charge in [0.25, 0.3) is 0 Å². The van der Waals surface area contributed by atoms with Gasteiger partial charge in [0, 0.05) is 25.6 Å². The van der Waals surface area contributed by atoms with Crippen molar-refractivity contribution < 1.29 is 31.9 Å². The molecule has 1 heterocycles. The molecule has 0 fully saturated rings. The van der Waals surface area contributed by atoms with Crippen LogP contribution < -0.4 is 26.8 Å². The number of aryl methyl sites for hydroxylation is 1. The van der Waals surface area contributed by atoms with Crippen LogP contribution in [0.2, 0.25) is 0 Å². The maximum Gasteiger partial charge on any atom is 0.573 e. The molecule has 226 valence electrons.